The van der Waals surface area contributed by atoms with E-state index in [-0.39, 0.29) is 6.04 Å². The lowest BCUT2D eigenvalue weighted by Gasteiger charge is -2.15. The number of thiazole rings is 1. The van der Waals surface area contributed by atoms with Crippen molar-refractivity contribution in [2.75, 3.05) is 5.32 Å². The van der Waals surface area contributed by atoms with Crippen molar-refractivity contribution >= 4 is 23.0 Å². The number of rotatable bonds is 5. The summed E-state index contributed by atoms with van der Waals surface area (Å²) in [5.74, 6) is -0.909. The van der Waals surface area contributed by atoms with Crippen LogP contribution in [0.4, 0.5) is 5.69 Å². The molecule has 2 N–H and O–H groups in total. The minimum absolute atomic E-state index is 0.167. The van der Waals surface area contributed by atoms with Crippen LogP contribution in [-0.2, 0) is 0 Å². The van der Waals surface area contributed by atoms with Crippen LogP contribution in [0.15, 0.2) is 35.8 Å². The van der Waals surface area contributed by atoms with Crippen molar-refractivity contribution in [2.45, 2.75) is 19.4 Å². The summed E-state index contributed by atoms with van der Waals surface area (Å²) in [6.45, 7) is 2.09. The normalized spacial score (nSPS) is 12.1. The molecule has 94 valence electrons. The second kappa shape index (κ2) is 5.64. The van der Waals surface area contributed by atoms with Gasteiger partial charge in [0.15, 0.2) is 0 Å². The van der Waals surface area contributed by atoms with Crippen molar-refractivity contribution in [2.24, 2.45) is 0 Å². The van der Waals surface area contributed by atoms with Gasteiger partial charge in [-0.15, -0.1) is 11.3 Å². The van der Waals surface area contributed by atoms with Crippen LogP contribution in [-0.4, -0.2) is 16.1 Å². The van der Waals surface area contributed by atoms with E-state index in [1.54, 1.807) is 41.8 Å². The third-order valence-corrected chi connectivity index (χ3v) is 3.52. The van der Waals surface area contributed by atoms with Gasteiger partial charge in [0.1, 0.15) is 5.01 Å². The van der Waals surface area contributed by atoms with E-state index in [0.29, 0.717) is 5.56 Å². The zero-order valence-electron chi connectivity index (χ0n) is 9.96. The predicted molar refractivity (Wildman–Crippen MR) is 72.2 cm³/mol. The Hall–Kier alpha value is -1.88. The average molecular weight is 262 g/mol. The Morgan fingerprint density at radius 2 is 2.17 bits per heavy atom. The van der Waals surface area contributed by atoms with Crippen LogP contribution in [0.5, 0.6) is 0 Å². The van der Waals surface area contributed by atoms with E-state index in [2.05, 4.69) is 17.2 Å². The monoisotopic (exact) mass is 262 g/mol. The molecular formula is C13H14N2O2S. The first-order chi connectivity index (χ1) is 8.70. The fourth-order valence-corrected chi connectivity index (χ4v) is 2.43. The summed E-state index contributed by atoms with van der Waals surface area (Å²) in [7, 11) is 0. The van der Waals surface area contributed by atoms with Crippen molar-refractivity contribution in [1.82, 2.24) is 4.98 Å². The van der Waals surface area contributed by atoms with Crippen LogP contribution in [0.2, 0.25) is 0 Å². The van der Waals surface area contributed by atoms with E-state index < -0.39 is 5.97 Å². The molecular weight excluding hydrogens is 248 g/mol. The Kier molecular flexibility index (Phi) is 3.94. The molecule has 4 nitrogen and oxygen atoms in total. The SMILES string of the molecule is CCC(Nc1ccc(C(=O)O)cc1)c1nccs1. The van der Waals surface area contributed by atoms with Crippen LogP contribution < -0.4 is 5.32 Å². The number of anilines is 1. The standard InChI is InChI=1S/C13H14N2O2S/c1-2-11(12-14-7-8-18-12)15-10-5-3-9(4-6-10)13(16)17/h3-8,11,15H,2H2,1H3,(H,16,17). The number of nitrogens with one attached hydrogen (secondary N) is 1. The number of benzene rings is 1. The van der Waals surface area contributed by atoms with Gasteiger partial charge in [-0.05, 0) is 30.7 Å². The summed E-state index contributed by atoms with van der Waals surface area (Å²) in [6.07, 6.45) is 2.71. The lowest BCUT2D eigenvalue weighted by molar-refractivity contribution is 0.0697. The Balaban J connectivity index is 2.10. The topological polar surface area (TPSA) is 62.2 Å². The predicted octanol–water partition coefficient (Wildman–Crippen LogP) is 3.40. The number of hydrogen-bond donors (Lipinski definition) is 2. The lowest BCUT2D eigenvalue weighted by atomic mass is 10.2. The molecule has 5 heteroatoms. The van der Waals surface area contributed by atoms with E-state index in [1.165, 1.54) is 0 Å². The smallest absolute Gasteiger partial charge is 0.335 e. The molecule has 2 aromatic rings. The number of carboxylic acids is 1. The molecule has 0 saturated heterocycles. The minimum Gasteiger partial charge on any atom is -0.478 e. The van der Waals surface area contributed by atoms with Crippen LogP contribution in [0, 0.1) is 0 Å². The van der Waals surface area contributed by atoms with Crippen LogP contribution in [0.25, 0.3) is 0 Å². The maximum absolute atomic E-state index is 10.7. The van der Waals surface area contributed by atoms with Gasteiger partial charge in [-0.1, -0.05) is 6.92 Å². The number of aromatic nitrogens is 1. The Labute approximate surface area is 109 Å². The molecule has 0 bridgehead atoms. The molecule has 0 amide bonds. The molecule has 18 heavy (non-hydrogen) atoms. The second-order valence-corrected chi connectivity index (χ2v) is 4.78. The average Bonchev–Trinajstić information content (AvgIpc) is 2.90. The summed E-state index contributed by atoms with van der Waals surface area (Å²) in [4.78, 5) is 15.0. The molecule has 0 aliphatic rings. The lowest BCUT2D eigenvalue weighted by Crippen LogP contribution is -2.09. The largest absolute Gasteiger partial charge is 0.478 e. The van der Waals surface area contributed by atoms with Gasteiger partial charge in [0.25, 0.3) is 0 Å². The maximum atomic E-state index is 10.7. The summed E-state index contributed by atoms with van der Waals surface area (Å²) in [5.41, 5.74) is 1.20. The minimum atomic E-state index is -0.909. The fraction of sp³-hybridized carbons (Fsp3) is 0.231. The third-order valence-electron chi connectivity index (χ3n) is 2.63. The van der Waals surface area contributed by atoms with E-state index in [0.717, 1.165) is 17.1 Å². The van der Waals surface area contributed by atoms with Crippen LogP contribution in [0.3, 0.4) is 0 Å². The van der Waals surface area contributed by atoms with Crippen molar-refractivity contribution in [3.63, 3.8) is 0 Å². The second-order valence-electron chi connectivity index (χ2n) is 3.86. The highest BCUT2D eigenvalue weighted by Gasteiger charge is 2.11. The molecule has 1 aromatic heterocycles. The zero-order chi connectivity index (χ0) is 13.0. The van der Waals surface area contributed by atoms with Gasteiger partial charge in [0, 0.05) is 17.3 Å². The third kappa shape index (κ3) is 2.87. The van der Waals surface area contributed by atoms with Crippen molar-refractivity contribution in [1.29, 1.82) is 0 Å². The molecule has 0 saturated carbocycles. The van der Waals surface area contributed by atoms with E-state index in [9.17, 15) is 4.79 Å². The summed E-state index contributed by atoms with van der Waals surface area (Å²) < 4.78 is 0. The highest BCUT2D eigenvalue weighted by atomic mass is 32.1. The highest BCUT2D eigenvalue weighted by Crippen LogP contribution is 2.24. The first kappa shape index (κ1) is 12.6. The van der Waals surface area contributed by atoms with Crippen molar-refractivity contribution in [3.8, 4) is 0 Å². The Bertz CT molecular complexity index is 508. The van der Waals surface area contributed by atoms with Crippen LogP contribution in [0.1, 0.15) is 34.8 Å². The number of carboxylic acid groups (broad SMARTS) is 1. The van der Waals surface area contributed by atoms with E-state index in [4.69, 9.17) is 5.11 Å². The molecule has 1 aromatic carbocycles. The highest BCUT2D eigenvalue weighted by molar-refractivity contribution is 7.09. The fourth-order valence-electron chi connectivity index (χ4n) is 1.66. The van der Waals surface area contributed by atoms with Crippen LogP contribution >= 0.6 is 11.3 Å². The summed E-state index contributed by atoms with van der Waals surface area (Å²) in [6, 6.07) is 6.92. The first-order valence-corrected chi connectivity index (χ1v) is 6.58. The van der Waals surface area contributed by atoms with Gasteiger partial charge in [0.05, 0.1) is 11.6 Å². The van der Waals surface area contributed by atoms with Gasteiger partial charge >= 0.3 is 5.97 Å². The molecule has 1 atom stereocenters. The summed E-state index contributed by atoms with van der Waals surface area (Å²) in [5, 5.41) is 15.2. The molecule has 2 rings (SSSR count). The van der Waals surface area contributed by atoms with E-state index in [1.807, 2.05) is 5.38 Å². The molecule has 0 aliphatic heterocycles. The Morgan fingerprint density at radius 3 is 2.67 bits per heavy atom. The Morgan fingerprint density at radius 1 is 1.44 bits per heavy atom. The molecule has 0 fully saturated rings. The van der Waals surface area contributed by atoms with Gasteiger partial charge < -0.3 is 10.4 Å². The van der Waals surface area contributed by atoms with E-state index >= 15 is 0 Å². The van der Waals surface area contributed by atoms with Crippen molar-refractivity contribution < 1.29 is 9.90 Å². The summed E-state index contributed by atoms with van der Waals surface area (Å²) >= 11 is 1.62. The maximum Gasteiger partial charge on any atom is 0.335 e. The number of aromatic carboxylic acids is 1. The van der Waals surface area contributed by atoms with Crippen molar-refractivity contribution in [3.05, 3.63) is 46.4 Å². The molecule has 1 unspecified atom stereocenters. The number of carbonyl (C=O) groups is 1. The molecule has 1 heterocycles. The first-order valence-electron chi connectivity index (χ1n) is 5.70. The quantitative estimate of drug-likeness (QED) is 0.866. The van der Waals surface area contributed by atoms with Gasteiger partial charge in [-0.2, -0.15) is 0 Å². The zero-order valence-corrected chi connectivity index (χ0v) is 10.8. The number of hydrogen-bond acceptors (Lipinski definition) is 4. The number of nitrogens with zero attached hydrogens (tertiary/aromatic N) is 1. The molecule has 0 aliphatic carbocycles. The van der Waals surface area contributed by atoms with Gasteiger partial charge in [0.2, 0.25) is 0 Å². The van der Waals surface area contributed by atoms with Gasteiger partial charge in [-0.25, -0.2) is 9.78 Å². The molecule has 0 spiro atoms. The molecule has 0 radical (unpaired) electrons. The van der Waals surface area contributed by atoms with Gasteiger partial charge in [-0.3, -0.25) is 0 Å².